The zero-order valence-electron chi connectivity index (χ0n) is 16.4. The lowest BCUT2D eigenvalue weighted by atomic mass is 10.1. The zero-order valence-corrected chi connectivity index (χ0v) is 18.0. The first-order chi connectivity index (χ1) is 14.7. The maximum atomic E-state index is 12.8. The Bertz CT molecular complexity index is 1120. The number of carbonyl (C=O) groups is 1. The number of methoxy groups -OCH3 is 1. The van der Waals surface area contributed by atoms with Crippen molar-refractivity contribution in [3.63, 3.8) is 0 Å². The van der Waals surface area contributed by atoms with Crippen LogP contribution in [0.15, 0.2) is 46.6 Å². The number of thiophene rings is 1. The summed E-state index contributed by atoms with van der Waals surface area (Å²) in [5.41, 5.74) is 1.26. The highest BCUT2D eigenvalue weighted by molar-refractivity contribution is 7.12. The number of nitrogens with zero attached hydrogens (tertiary/aromatic N) is 2. The van der Waals surface area contributed by atoms with Crippen LogP contribution in [0.25, 0.3) is 11.3 Å². The molecule has 0 spiro atoms. The number of aryl methyl sites for hydroxylation is 1. The molecule has 0 atom stereocenters. The topological polar surface area (TPSA) is 61.2 Å². The van der Waals surface area contributed by atoms with Gasteiger partial charge in [-0.3, -0.25) is 9.36 Å². The lowest BCUT2D eigenvalue weighted by Crippen LogP contribution is -2.25. The minimum atomic E-state index is -4.29. The van der Waals surface area contributed by atoms with E-state index in [-0.39, 0.29) is 25.2 Å². The second kappa shape index (κ2) is 9.65. The summed E-state index contributed by atoms with van der Waals surface area (Å²) >= 11 is 7.06. The van der Waals surface area contributed by atoms with Gasteiger partial charge in [0, 0.05) is 29.5 Å². The van der Waals surface area contributed by atoms with E-state index in [9.17, 15) is 22.8 Å². The van der Waals surface area contributed by atoms with Crippen LogP contribution in [0, 0.1) is 0 Å². The van der Waals surface area contributed by atoms with E-state index in [1.807, 2.05) is 0 Å². The largest absolute Gasteiger partial charge is 0.465 e. The Morgan fingerprint density at radius 3 is 2.58 bits per heavy atom. The van der Waals surface area contributed by atoms with Gasteiger partial charge in [-0.2, -0.15) is 13.2 Å². The highest BCUT2D eigenvalue weighted by atomic mass is 35.5. The van der Waals surface area contributed by atoms with Crippen molar-refractivity contribution in [3.8, 4) is 11.3 Å². The lowest BCUT2D eigenvalue weighted by molar-refractivity contribution is -0.135. The van der Waals surface area contributed by atoms with Crippen LogP contribution in [-0.4, -0.2) is 28.8 Å². The smallest absolute Gasteiger partial charge is 0.389 e. The van der Waals surface area contributed by atoms with E-state index in [0.717, 1.165) is 11.3 Å². The molecule has 0 saturated heterocycles. The molecule has 0 radical (unpaired) electrons. The molecule has 0 bridgehead atoms. The molecule has 0 aliphatic rings. The van der Waals surface area contributed by atoms with Gasteiger partial charge in [0.05, 0.1) is 19.3 Å². The minimum absolute atomic E-state index is 0.0236. The van der Waals surface area contributed by atoms with Crippen LogP contribution in [0.1, 0.15) is 33.9 Å². The van der Waals surface area contributed by atoms with Gasteiger partial charge in [-0.15, -0.1) is 11.3 Å². The Hall–Kier alpha value is -2.65. The number of hydrogen-bond acceptors (Lipinski definition) is 5. The van der Waals surface area contributed by atoms with E-state index < -0.39 is 24.1 Å². The van der Waals surface area contributed by atoms with E-state index in [2.05, 4.69) is 9.72 Å². The molecular formula is C21H18ClF3N2O3S. The van der Waals surface area contributed by atoms with Gasteiger partial charge in [-0.05, 0) is 35.6 Å². The van der Waals surface area contributed by atoms with Crippen LogP contribution in [0.3, 0.4) is 0 Å². The van der Waals surface area contributed by atoms with E-state index in [1.54, 1.807) is 35.7 Å². The number of rotatable bonds is 7. The number of carbonyl (C=O) groups excluding carboxylic acids is 1. The fraction of sp³-hybridized carbons (Fsp3) is 0.286. The molecule has 3 rings (SSSR count). The molecule has 2 aromatic heterocycles. The zero-order chi connectivity index (χ0) is 22.6. The standard InChI is InChI=1S/C21H18ClF3N2O3S/c1-30-20(29)17-9-13(12-31-17)11-27-18(3-2-8-21(23,24)25)26-16(10-19(27)28)14-4-6-15(22)7-5-14/h4-7,9-10,12H,2-3,8,11H2,1H3. The number of hydrogen-bond donors (Lipinski definition) is 0. The van der Waals surface area contributed by atoms with E-state index in [0.29, 0.717) is 26.7 Å². The molecule has 5 nitrogen and oxygen atoms in total. The molecule has 31 heavy (non-hydrogen) atoms. The summed E-state index contributed by atoms with van der Waals surface area (Å²) in [5.74, 6) is -0.252. The number of aromatic nitrogens is 2. The van der Waals surface area contributed by atoms with Crippen molar-refractivity contribution < 1.29 is 22.7 Å². The summed E-state index contributed by atoms with van der Waals surface area (Å²) in [6.45, 7) is 0.0849. The molecule has 3 aromatic rings. The Kier molecular flexibility index (Phi) is 7.17. The Morgan fingerprint density at radius 1 is 1.23 bits per heavy atom. The molecular weight excluding hydrogens is 453 g/mol. The quantitative estimate of drug-likeness (QED) is 0.437. The van der Waals surface area contributed by atoms with Crippen molar-refractivity contribution in [2.45, 2.75) is 32.0 Å². The normalized spacial score (nSPS) is 11.5. The van der Waals surface area contributed by atoms with Crippen molar-refractivity contribution in [1.82, 2.24) is 9.55 Å². The molecule has 10 heteroatoms. The number of esters is 1. The molecule has 0 saturated carbocycles. The summed E-state index contributed by atoms with van der Waals surface area (Å²) in [6.07, 6.45) is -5.48. The molecule has 0 fully saturated rings. The first kappa shape index (κ1) is 23.0. The molecule has 0 aliphatic heterocycles. The van der Waals surface area contributed by atoms with Crippen molar-refractivity contribution in [3.05, 3.63) is 73.4 Å². The Morgan fingerprint density at radius 2 is 1.94 bits per heavy atom. The van der Waals surface area contributed by atoms with Crippen LogP contribution >= 0.6 is 22.9 Å². The third-order valence-electron chi connectivity index (χ3n) is 4.47. The Balaban J connectivity index is 1.95. The van der Waals surface area contributed by atoms with Gasteiger partial charge in [0.15, 0.2) is 0 Å². The second-order valence-corrected chi connectivity index (χ2v) is 8.12. The van der Waals surface area contributed by atoms with E-state index in [1.165, 1.54) is 17.7 Å². The molecule has 1 aromatic carbocycles. The van der Waals surface area contributed by atoms with Crippen molar-refractivity contribution in [2.75, 3.05) is 7.11 Å². The average molecular weight is 471 g/mol. The monoisotopic (exact) mass is 470 g/mol. The van der Waals surface area contributed by atoms with Gasteiger partial charge < -0.3 is 4.74 Å². The van der Waals surface area contributed by atoms with E-state index >= 15 is 0 Å². The van der Waals surface area contributed by atoms with Crippen LogP contribution in [-0.2, 0) is 17.7 Å². The van der Waals surface area contributed by atoms with Gasteiger partial charge in [0.1, 0.15) is 10.7 Å². The maximum Gasteiger partial charge on any atom is 0.389 e. The molecule has 0 aliphatic carbocycles. The van der Waals surface area contributed by atoms with Crippen LogP contribution < -0.4 is 5.56 Å². The molecule has 0 N–H and O–H groups in total. The maximum absolute atomic E-state index is 12.8. The van der Waals surface area contributed by atoms with Gasteiger partial charge in [-0.25, -0.2) is 9.78 Å². The SMILES string of the molecule is COC(=O)c1cc(Cn2c(CCCC(F)(F)F)nc(-c3ccc(Cl)cc3)cc2=O)cs1. The number of ether oxygens (including phenoxy) is 1. The molecule has 2 heterocycles. The van der Waals surface area contributed by atoms with Gasteiger partial charge in [0.2, 0.25) is 0 Å². The summed E-state index contributed by atoms with van der Waals surface area (Å²) < 4.78 is 43.9. The van der Waals surface area contributed by atoms with Crippen LogP contribution in [0.4, 0.5) is 13.2 Å². The third kappa shape index (κ3) is 6.18. The molecule has 0 amide bonds. The average Bonchev–Trinajstić information content (AvgIpc) is 3.18. The van der Waals surface area contributed by atoms with Crippen molar-refractivity contribution in [1.29, 1.82) is 0 Å². The van der Waals surface area contributed by atoms with Crippen LogP contribution in [0.2, 0.25) is 5.02 Å². The first-order valence-electron chi connectivity index (χ1n) is 9.25. The molecule has 0 unspecified atom stereocenters. The highest BCUT2D eigenvalue weighted by Gasteiger charge is 2.26. The predicted octanol–water partition coefficient (Wildman–Crippen LogP) is 5.35. The van der Waals surface area contributed by atoms with E-state index in [4.69, 9.17) is 11.6 Å². The number of halogens is 4. The van der Waals surface area contributed by atoms with Crippen molar-refractivity contribution >= 4 is 28.9 Å². The molecule has 164 valence electrons. The number of benzene rings is 1. The van der Waals surface area contributed by atoms with Crippen molar-refractivity contribution in [2.24, 2.45) is 0 Å². The first-order valence-corrected chi connectivity index (χ1v) is 10.5. The minimum Gasteiger partial charge on any atom is -0.465 e. The highest BCUT2D eigenvalue weighted by Crippen LogP contribution is 2.24. The number of alkyl halides is 3. The summed E-state index contributed by atoms with van der Waals surface area (Å²) in [5, 5.41) is 2.21. The van der Waals surface area contributed by atoms with Gasteiger partial charge in [0.25, 0.3) is 5.56 Å². The van der Waals surface area contributed by atoms with Gasteiger partial charge >= 0.3 is 12.1 Å². The summed E-state index contributed by atoms with van der Waals surface area (Å²) in [4.78, 5) is 29.4. The van der Waals surface area contributed by atoms with Crippen LogP contribution in [0.5, 0.6) is 0 Å². The summed E-state index contributed by atoms with van der Waals surface area (Å²) in [7, 11) is 1.27. The third-order valence-corrected chi connectivity index (χ3v) is 5.68. The lowest BCUT2D eigenvalue weighted by Gasteiger charge is -2.14. The fourth-order valence-corrected chi connectivity index (χ4v) is 3.92. The van der Waals surface area contributed by atoms with Gasteiger partial charge in [-0.1, -0.05) is 23.7 Å². The fourth-order valence-electron chi connectivity index (χ4n) is 2.98. The second-order valence-electron chi connectivity index (χ2n) is 6.77. The predicted molar refractivity (Wildman–Crippen MR) is 113 cm³/mol. The summed E-state index contributed by atoms with van der Waals surface area (Å²) in [6, 6.07) is 9.60. The Labute approximate surface area is 185 Å².